The summed E-state index contributed by atoms with van der Waals surface area (Å²) in [6, 6.07) is 2.76. The fraction of sp³-hybridized carbons (Fsp3) is 0.600. The second-order valence-electron chi connectivity index (χ2n) is 5.60. The Hall–Kier alpha value is -1.14. The van der Waals surface area contributed by atoms with Crippen LogP contribution in [0.3, 0.4) is 0 Å². The van der Waals surface area contributed by atoms with Crippen molar-refractivity contribution in [3.05, 3.63) is 35.1 Å². The van der Waals surface area contributed by atoms with Crippen molar-refractivity contribution in [2.75, 3.05) is 6.54 Å². The Balaban J connectivity index is 1.91. The van der Waals surface area contributed by atoms with E-state index in [2.05, 4.69) is 5.32 Å². The quantitative estimate of drug-likeness (QED) is 0.835. The van der Waals surface area contributed by atoms with Crippen LogP contribution in [-0.4, -0.2) is 17.8 Å². The molecule has 0 heterocycles. The molecule has 0 atom stereocenters. The molecule has 6 heteroatoms. The summed E-state index contributed by atoms with van der Waals surface area (Å²) in [5.41, 5.74) is -0.867. The van der Waals surface area contributed by atoms with Crippen molar-refractivity contribution in [2.24, 2.45) is 5.92 Å². The van der Waals surface area contributed by atoms with Crippen LogP contribution in [0.2, 0.25) is 0 Å². The summed E-state index contributed by atoms with van der Waals surface area (Å²) < 4.78 is 51.5. The van der Waals surface area contributed by atoms with Crippen molar-refractivity contribution in [1.29, 1.82) is 0 Å². The summed E-state index contributed by atoms with van der Waals surface area (Å²) in [6.45, 7) is 0.676. The molecule has 0 amide bonds. The highest BCUT2D eigenvalue weighted by Gasteiger charge is 2.33. The van der Waals surface area contributed by atoms with Crippen molar-refractivity contribution in [3.8, 4) is 0 Å². The van der Waals surface area contributed by atoms with Crippen molar-refractivity contribution in [2.45, 2.75) is 44.5 Å². The van der Waals surface area contributed by atoms with Gasteiger partial charge in [0.1, 0.15) is 5.82 Å². The van der Waals surface area contributed by atoms with Crippen molar-refractivity contribution in [1.82, 2.24) is 5.32 Å². The summed E-state index contributed by atoms with van der Waals surface area (Å²) in [5.74, 6) is -0.504. The summed E-state index contributed by atoms with van der Waals surface area (Å²) in [6.07, 6.45) is -1.54. The molecule has 0 bridgehead atoms. The molecule has 21 heavy (non-hydrogen) atoms. The predicted octanol–water partition coefficient (Wildman–Crippen LogP) is 3.49. The molecule has 0 radical (unpaired) electrons. The third kappa shape index (κ3) is 4.68. The van der Waals surface area contributed by atoms with E-state index in [1.165, 1.54) is 6.07 Å². The molecule has 0 spiro atoms. The highest BCUT2D eigenvalue weighted by Crippen LogP contribution is 2.32. The summed E-state index contributed by atoms with van der Waals surface area (Å²) in [4.78, 5) is 0. The number of alkyl halides is 3. The maximum atomic E-state index is 13.0. The SMILES string of the molecule is OC1CCC(CNCc2ccc(F)cc2C(F)(F)F)CC1. The Morgan fingerprint density at radius 3 is 2.43 bits per heavy atom. The van der Waals surface area contributed by atoms with Gasteiger partial charge in [0.15, 0.2) is 0 Å². The van der Waals surface area contributed by atoms with Crippen LogP contribution in [-0.2, 0) is 12.7 Å². The van der Waals surface area contributed by atoms with Crippen molar-refractivity contribution < 1.29 is 22.7 Å². The molecule has 1 aromatic rings. The molecule has 1 saturated carbocycles. The number of halogens is 4. The van der Waals surface area contributed by atoms with Gasteiger partial charge in [0.05, 0.1) is 11.7 Å². The van der Waals surface area contributed by atoms with Gasteiger partial charge in [-0.25, -0.2) is 4.39 Å². The maximum absolute atomic E-state index is 13.0. The molecule has 0 saturated heterocycles. The molecule has 2 rings (SSSR count). The smallest absolute Gasteiger partial charge is 0.393 e. The second-order valence-corrected chi connectivity index (χ2v) is 5.60. The third-order valence-corrected chi connectivity index (χ3v) is 3.94. The number of nitrogens with one attached hydrogen (secondary N) is 1. The van der Waals surface area contributed by atoms with E-state index in [-0.39, 0.29) is 18.2 Å². The van der Waals surface area contributed by atoms with E-state index in [4.69, 9.17) is 0 Å². The molecule has 2 nitrogen and oxygen atoms in total. The Labute approximate surface area is 121 Å². The molecule has 1 aliphatic rings. The Bertz CT molecular complexity index is 467. The molecule has 1 fully saturated rings. The fourth-order valence-corrected chi connectivity index (χ4v) is 2.73. The van der Waals surface area contributed by atoms with Gasteiger partial charge in [0.2, 0.25) is 0 Å². The van der Waals surface area contributed by atoms with E-state index in [0.29, 0.717) is 18.5 Å². The lowest BCUT2D eigenvalue weighted by molar-refractivity contribution is -0.138. The van der Waals surface area contributed by atoms with E-state index in [9.17, 15) is 22.7 Å². The number of hydrogen-bond acceptors (Lipinski definition) is 2. The van der Waals surface area contributed by atoms with E-state index in [1.807, 2.05) is 0 Å². The molecule has 0 aromatic heterocycles. The van der Waals surface area contributed by atoms with Gasteiger partial charge < -0.3 is 10.4 Å². The normalized spacial score (nSPS) is 23.3. The molecular formula is C15H19F4NO. The summed E-state index contributed by atoms with van der Waals surface area (Å²) in [7, 11) is 0. The minimum absolute atomic E-state index is 0.0553. The van der Waals surface area contributed by atoms with Crippen LogP contribution >= 0.6 is 0 Å². The summed E-state index contributed by atoms with van der Waals surface area (Å²) >= 11 is 0. The van der Waals surface area contributed by atoms with Crippen LogP contribution in [0.25, 0.3) is 0 Å². The van der Waals surface area contributed by atoms with Crippen LogP contribution in [0.15, 0.2) is 18.2 Å². The van der Waals surface area contributed by atoms with Gasteiger partial charge in [0, 0.05) is 6.54 Å². The van der Waals surface area contributed by atoms with Crippen LogP contribution < -0.4 is 5.32 Å². The number of aliphatic hydroxyl groups excluding tert-OH is 1. The van der Waals surface area contributed by atoms with E-state index in [0.717, 1.165) is 31.7 Å². The highest BCUT2D eigenvalue weighted by molar-refractivity contribution is 5.30. The minimum atomic E-state index is -4.55. The lowest BCUT2D eigenvalue weighted by Crippen LogP contribution is -2.28. The number of aliphatic hydroxyl groups is 1. The topological polar surface area (TPSA) is 32.3 Å². The monoisotopic (exact) mass is 305 g/mol. The Kier molecular flexibility index (Phi) is 5.22. The average molecular weight is 305 g/mol. The van der Waals surface area contributed by atoms with Crippen LogP contribution in [0.1, 0.15) is 36.8 Å². The zero-order valence-corrected chi connectivity index (χ0v) is 11.6. The molecule has 0 aliphatic heterocycles. The Morgan fingerprint density at radius 1 is 1.14 bits per heavy atom. The van der Waals surface area contributed by atoms with Gasteiger partial charge in [0.25, 0.3) is 0 Å². The lowest BCUT2D eigenvalue weighted by Gasteiger charge is -2.25. The van der Waals surface area contributed by atoms with E-state index >= 15 is 0 Å². The van der Waals surface area contributed by atoms with Gasteiger partial charge in [-0.15, -0.1) is 0 Å². The third-order valence-electron chi connectivity index (χ3n) is 3.94. The average Bonchev–Trinajstić information content (AvgIpc) is 2.41. The molecule has 118 valence electrons. The molecule has 0 unspecified atom stereocenters. The summed E-state index contributed by atoms with van der Waals surface area (Å²) in [5, 5.41) is 12.4. The first-order valence-corrected chi connectivity index (χ1v) is 7.10. The fourth-order valence-electron chi connectivity index (χ4n) is 2.73. The zero-order valence-electron chi connectivity index (χ0n) is 11.6. The highest BCUT2D eigenvalue weighted by atomic mass is 19.4. The molecule has 2 N–H and O–H groups in total. The first kappa shape index (κ1) is 16.2. The second kappa shape index (κ2) is 6.75. The van der Waals surface area contributed by atoms with Gasteiger partial charge >= 0.3 is 6.18 Å². The van der Waals surface area contributed by atoms with Gasteiger partial charge in [-0.05, 0) is 55.8 Å². The van der Waals surface area contributed by atoms with Gasteiger partial charge in [-0.2, -0.15) is 13.2 Å². The zero-order chi connectivity index (χ0) is 15.5. The van der Waals surface area contributed by atoms with Crippen LogP contribution in [0, 0.1) is 11.7 Å². The van der Waals surface area contributed by atoms with Crippen LogP contribution in [0.5, 0.6) is 0 Å². The number of benzene rings is 1. The van der Waals surface area contributed by atoms with Crippen molar-refractivity contribution in [3.63, 3.8) is 0 Å². The molecular weight excluding hydrogens is 286 g/mol. The van der Waals surface area contributed by atoms with E-state index in [1.54, 1.807) is 0 Å². The number of hydrogen-bond donors (Lipinski definition) is 2. The first-order valence-electron chi connectivity index (χ1n) is 7.10. The van der Waals surface area contributed by atoms with Gasteiger partial charge in [-0.3, -0.25) is 0 Å². The standard InChI is InChI=1S/C15H19F4NO/c16-12-4-3-11(14(7-12)15(17,18)19)9-20-8-10-1-5-13(21)6-2-10/h3-4,7,10,13,20-21H,1-2,5-6,8-9H2. The largest absolute Gasteiger partial charge is 0.416 e. The maximum Gasteiger partial charge on any atom is 0.416 e. The lowest BCUT2D eigenvalue weighted by atomic mass is 9.87. The Morgan fingerprint density at radius 2 is 1.81 bits per heavy atom. The molecule has 1 aromatic carbocycles. The van der Waals surface area contributed by atoms with Crippen molar-refractivity contribution >= 4 is 0 Å². The minimum Gasteiger partial charge on any atom is -0.393 e. The van der Waals surface area contributed by atoms with E-state index < -0.39 is 17.6 Å². The predicted molar refractivity (Wildman–Crippen MR) is 71.1 cm³/mol. The number of rotatable bonds is 4. The first-order chi connectivity index (χ1) is 9.86. The van der Waals surface area contributed by atoms with Crippen LogP contribution in [0.4, 0.5) is 17.6 Å². The molecule has 1 aliphatic carbocycles. The van der Waals surface area contributed by atoms with Gasteiger partial charge in [-0.1, -0.05) is 6.07 Å².